The summed E-state index contributed by atoms with van der Waals surface area (Å²) in [7, 11) is 2.61. The highest BCUT2D eigenvalue weighted by Crippen LogP contribution is 2.47. The molecule has 7 rings (SSSR count). The lowest BCUT2D eigenvalue weighted by Gasteiger charge is -2.39. The van der Waals surface area contributed by atoms with E-state index in [0.29, 0.717) is 43.2 Å². The molecular weight excluding hydrogens is 602 g/mol. The van der Waals surface area contributed by atoms with Crippen LogP contribution < -0.4 is 9.46 Å². The van der Waals surface area contributed by atoms with Gasteiger partial charge in [-0.25, -0.2) is 4.72 Å². The number of aromatic nitrogens is 1. The number of nitrogens with one attached hydrogen (secondary N) is 1. The summed E-state index contributed by atoms with van der Waals surface area (Å²) in [6, 6.07) is 12.3. The average Bonchev–Trinajstić information content (AvgIpc) is 3.36. The molecule has 2 aromatic carbocycles. The van der Waals surface area contributed by atoms with Crippen LogP contribution >= 0.6 is 0 Å². The maximum Gasteiger partial charge on any atom is 0.303 e. The van der Waals surface area contributed by atoms with Gasteiger partial charge in [-0.05, 0) is 86.2 Å². The Morgan fingerprint density at radius 3 is 2.35 bits per heavy atom. The van der Waals surface area contributed by atoms with Crippen molar-refractivity contribution in [2.45, 2.75) is 69.5 Å². The molecule has 2 unspecified atom stereocenters. The molecule has 0 radical (unpaired) electrons. The maximum absolute atomic E-state index is 14.4. The van der Waals surface area contributed by atoms with Crippen molar-refractivity contribution >= 4 is 39.0 Å². The van der Waals surface area contributed by atoms with E-state index in [2.05, 4.69) is 27.3 Å². The molecule has 0 spiro atoms. The molecule has 2 amide bonds. The second kappa shape index (κ2) is 11.8. The number of fused-ring (bicyclic) bond motifs is 7. The molecule has 3 aliphatic heterocycles. The molecule has 2 atom stereocenters. The van der Waals surface area contributed by atoms with Crippen molar-refractivity contribution in [2.75, 3.05) is 41.3 Å². The monoisotopic (exact) mass is 645 g/mol. The fraction of sp³-hybridized carbons (Fsp3) is 0.486. The Morgan fingerprint density at radius 1 is 0.957 bits per heavy atom. The zero-order valence-electron chi connectivity index (χ0n) is 27.1. The number of rotatable bonds is 6. The largest absolute Gasteiger partial charge is 0.497 e. The van der Waals surface area contributed by atoms with Gasteiger partial charge >= 0.3 is 10.2 Å². The van der Waals surface area contributed by atoms with Gasteiger partial charge in [-0.2, -0.15) is 12.7 Å². The zero-order chi connectivity index (χ0) is 32.3. The maximum atomic E-state index is 14.4. The van der Waals surface area contributed by atoms with E-state index in [4.69, 9.17) is 4.74 Å². The van der Waals surface area contributed by atoms with Crippen molar-refractivity contribution in [3.05, 3.63) is 58.7 Å². The molecule has 1 N–H and O–H groups in total. The van der Waals surface area contributed by atoms with E-state index >= 15 is 0 Å². The van der Waals surface area contributed by atoms with E-state index in [1.807, 2.05) is 29.2 Å². The van der Waals surface area contributed by atoms with Crippen molar-refractivity contribution in [3.8, 4) is 17.0 Å². The van der Waals surface area contributed by atoms with Gasteiger partial charge in [-0.15, -0.1) is 0 Å². The first-order valence-corrected chi connectivity index (χ1v) is 17.8. The van der Waals surface area contributed by atoms with Crippen LogP contribution in [-0.2, 0) is 21.5 Å². The van der Waals surface area contributed by atoms with Crippen molar-refractivity contribution in [2.24, 2.45) is 0 Å². The Labute approximate surface area is 271 Å². The van der Waals surface area contributed by atoms with Crippen molar-refractivity contribution in [1.82, 2.24) is 23.4 Å². The molecule has 2 saturated heterocycles. The summed E-state index contributed by atoms with van der Waals surface area (Å²) in [4.78, 5) is 32.1. The highest BCUT2D eigenvalue weighted by molar-refractivity contribution is 7.87. The van der Waals surface area contributed by atoms with Crippen molar-refractivity contribution in [1.29, 1.82) is 0 Å². The predicted octanol–water partition coefficient (Wildman–Crippen LogP) is 4.60. The van der Waals surface area contributed by atoms with E-state index in [1.54, 1.807) is 19.2 Å². The van der Waals surface area contributed by atoms with Crippen LogP contribution in [-0.4, -0.2) is 92.3 Å². The normalized spacial score (nSPS) is 21.9. The third kappa shape index (κ3) is 5.32. The minimum Gasteiger partial charge on any atom is -0.497 e. The van der Waals surface area contributed by atoms with E-state index in [0.717, 1.165) is 76.3 Å². The Bertz CT molecular complexity index is 1840. The van der Waals surface area contributed by atoms with Crippen LogP contribution in [0.2, 0.25) is 0 Å². The fourth-order valence-electron chi connectivity index (χ4n) is 8.06. The molecule has 3 fully saturated rings. The Balaban J connectivity index is 1.40. The van der Waals surface area contributed by atoms with Gasteiger partial charge < -0.3 is 14.2 Å². The first-order valence-electron chi connectivity index (χ1n) is 16.4. The van der Waals surface area contributed by atoms with Crippen LogP contribution in [0.15, 0.2) is 42.0 Å². The molecule has 1 saturated carbocycles. The molecule has 3 aromatic rings. The van der Waals surface area contributed by atoms with Crippen LogP contribution in [0, 0.1) is 0 Å². The zero-order valence-corrected chi connectivity index (χ0v) is 27.9. The Kier molecular flexibility index (Phi) is 7.97. The van der Waals surface area contributed by atoms with Crippen LogP contribution in [0.5, 0.6) is 5.75 Å². The summed E-state index contributed by atoms with van der Waals surface area (Å²) >= 11 is 0. The summed E-state index contributed by atoms with van der Waals surface area (Å²) in [6.45, 7) is 1.77. The molecule has 2 bridgehead atoms. The summed E-state index contributed by atoms with van der Waals surface area (Å²) in [5, 5.41) is 1.04. The third-order valence-electron chi connectivity index (χ3n) is 10.7. The lowest BCUT2D eigenvalue weighted by molar-refractivity contribution is -0.130. The number of carbonyl (C=O) groups is 2. The van der Waals surface area contributed by atoms with Gasteiger partial charge in [0.15, 0.2) is 0 Å². The second-order valence-corrected chi connectivity index (χ2v) is 15.4. The van der Waals surface area contributed by atoms with Crippen molar-refractivity contribution < 1.29 is 22.7 Å². The van der Waals surface area contributed by atoms with Gasteiger partial charge in [0.2, 0.25) is 0 Å². The summed E-state index contributed by atoms with van der Waals surface area (Å²) < 4.78 is 36.0. The van der Waals surface area contributed by atoms with Gasteiger partial charge in [0, 0.05) is 66.9 Å². The van der Waals surface area contributed by atoms with Gasteiger partial charge in [0.1, 0.15) is 5.75 Å². The number of carbonyl (C=O) groups excluding carboxylic acids is 2. The lowest BCUT2D eigenvalue weighted by Crippen LogP contribution is -2.54. The van der Waals surface area contributed by atoms with E-state index in [-0.39, 0.29) is 11.5 Å². The number of hydrogen-bond acceptors (Lipinski definition) is 6. The minimum atomic E-state index is -3.97. The Morgan fingerprint density at radius 2 is 1.67 bits per heavy atom. The smallest absolute Gasteiger partial charge is 0.303 e. The van der Waals surface area contributed by atoms with Crippen LogP contribution in [0.25, 0.3) is 28.2 Å². The van der Waals surface area contributed by atoms with Crippen LogP contribution in [0.4, 0.5) is 0 Å². The van der Waals surface area contributed by atoms with E-state index in [1.165, 1.54) is 26.1 Å². The molecule has 1 aromatic heterocycles. The van der Waals surface area contributed by atoms with Gasteiger partial charge in [-0.1, -0.05) is 25.3 Å². The number of ether oxygens (including phenoxy) is 1. The molecular formula is C35H43N5O5S. The molecule has 4 aliphatic rings. The fourth-order valence-corrected chi connectivity index (χ4v) is 8.60. The van der Waals surface area contributed by atoms with Crippen LogP contribution in [0.1, 0.15) is 72.3 Å². The number of piperazine rings is 1. The highest BCUT2D eigenvalue weighted by Gasteiger charge is 2.40. The highest BCUT2D eigenvalue weighted by atomic mass is 32.2. The molecule has 4 heterocycles. The van der Waals surface area contributed by atoms with E-state index in [9.17, 15) is 18.0 Å². The standard InChI is InChI=1S/C35H43N5O5S/c1-37(2)46(43,44)36-34(41)23-10-14-30-31(18-23)40-19-25(35(42)39-20-26-11-12-27(21-39)38(26)3)16-24-17-28(45-4)13-15-29(24)33(40)32(30)22-8-6-5-7-9-22/h10,13-18,22,26-27H,5-9,11-12,19-21H2,1-4H3,(H,36,41). The molecule has 10 nitrogen and oxygen atoms in total. The lowest BCUT2D eigenvalue weighted by atomic mass is 9.81. The average molecular weight is 646 g/mol. The van der Waals surface area contributed by atoms with Gasteiger partial charge in [-0.3, -0.25) is 14.5 Å². The molecule has 46 heavy (non-hydrogen) atoms. The number of likely N-dealkylation sites (N-methyl/N-ethyl adjacent to an activating group) is 1. The SMILES string of the molecule is COc1ccc2c(c1)C=C(C(=O)N1CC3CCC(C1)N3C)Cn1c-2c(C2CCCCC2)c2ccc(C(=O)NS(=O)(=O)N(C)C)cc21. The van der Waals surface area contributed by atoms with Gasteiger partial charge in [0.05, 0.1) is 19.3 Å². The molecule has 244 valence electrons. The number of likely N-dealkylation sites (tertiary alicyclic amines) is 1. The van der Waals surface area contributed by atoms with Crippen LogP contribution in [0.3, 0.4) is 0 Å². The first-order chi connectivity index (χ1) is 22.1. The predicted molar refractivity (Wildman–Crippen MR) is 179 cm³/mol. The summed E-state index contributed by atoms with van der Waals surface area (Å²) in [6.07, 6.45) is 9.92. The molecule has 11 heteroatoms. The van der Waals surface area contributed by atoms with Crippen molar-refractivity contribution in [3.63, 3.8) is 0 Å². The minimum absolute atomic E-state index is 0.0404. The molecule has 1 aliphatic carbocycles. The quantitative estimate of drug-likeness (QED) is 0.420. The second-order valence-electron chi connectivity index (χ2n) is 13.5. The van der Waals surface area contributed by atoms with E-state index < -0.39 is 16.1 Å². The number of hydrogen-bond donors (Lipinski definition) is 1. The number of amides is 2. The Hall–Kier alpha value is -3.67. The third-order valence-corrected chi connectivity index (χ3v) is 12.1. The number of benzene rings is 2. The summed E-state index contributed by atoms with van der Waals surface area (Å²) in [5.41, 5.74) is 6.04. The number of nitrogens with zero attached hydrogens (tertiary/aromatic N) is 4. The van der Waals surface area contributed by atoms with Gasteiger partial charge in [0.25, 0.3) is 11.8 Å². The first kappa shape index (κ1) is 31.0. The summed E-state index contributed by atoms with van der Waals surface area (Å²) in [5.74, 6) is 0.411. The number of methoxy groups -OCH3 is 1. The topological polar surface area (TPSA) is 104 Å².